The van der Waals surface area contributed by atoms with E-state index in [9.17, 15) is 19.6 Å². The SMILES string of the molecule is CO[PH]1(S)OCC2OC(n3cnc4c(N)ncnc43)C(O)C2OP(=O)(S)OCC2OC(n3ncc4c(=O)[nH]c(N)nc43)C(O1)C2O. The monoisotopic (exact) mass is 722 g/mol. The number of nitrogens with two attached hydrogens (primary N) is 2. The Bertz CT molecular complexity index is 1900. The molecule has 0 saturated carbocycles. The van der Waals surface area contributed by atoms with E-state index in [0.29, 0.717) is 0 Å². The van der Waals surface area contributed by atoms with Crippen molar-refractivity contribution in [2.45, 2.75) is 49.1 Å². The van der Waals surface area contributed by atoms with Crippen molar-refractivity contribution in [3.8, 4) is 0 Å². The van der Waals surface area contributed by atoms with Crippen LogP contribution in [-0.4, -0.2) is 106 Å². The number of rotatable bonds is 3. The zero-order valence-electron chi connectivity index (χ0n) is 23.5. The molecule has 2 bridgehead atoms. The number of aromatic amines is 1. The normalized spacial score (nSPS) is 35.8. The molecule has 9 atom stereocenters. The number of aromatic nitrogens is 8. The second-order valence-electron chi connectivity index (χ2n) is 10.4. The van der Waals surface area contributed by atoms with E-state index < -0.39 is 75.2 Å². The molecule has 9 unspecified atom stereocenters. The van der Waals surface area contributed by atoms with Crippen LogP contribution in [0.5, 0.6) is 0 Å². The number of H-pyrrole nitrogens is 1. The summed E-state index contributed by atoms with van der Waals surface area (Å²) < 4.78 is 57.2. The average molecular weight is 723 g/mol. The van der Waals surface area contributed by atoms with Gasteiger partial charge in [-0.15, -0.1) is 0 Å². The summed E-state index contributed by atoms with van der Waals surface area (Å²) in [5.74, 6) is -0.0731. The first kappa shape index (κ1) is 32.1. The molecule has 0 aliphatic carbocycles. The summed E-state index contributed by atoms with van der Waals surface area (Å²) >= 11 is 8.66. The van der Waals surface area contributed by atoms with Gasteiger partial charge in [0.1, 0.15) is 0 Å². The molecule has 7 heterocycles. The minimum atomic E-state index is -4.29. The molecule has 21 nitrogen and oxygen atoms in total. The first-order valence-corrected chi connectivity index (χ1v) is 19.2. The van der Waals surface area contributed by atoms with Crippen molar-refractivity contribution in [2.75, 3.05) is 31.8 Å². The molecular weight excluding hydrogens is 694 g/mol. The van der Waals surface area contributed by atoms with Gasteiger partial charge in [-0.3, -0.25) is 0 Å². The van der Waals surface area contributed by atoms with Crippen molar-refractivity contribution in [3.63, 3.8) is 0 Å². The predicted molar refractivity (Wildman–Crippen MR) is 165 cm³/mol. The Balaban J connectivity index is 1.22. The van der Waals surface area contributed by atoms with Gasteiger partial charge in [0.15, 0.2) is 0 Å². The standard InChI is InChI=1S/C21H28N10O11P2S2/c1-36-44(46)38-4-9-13(12(33)19(40-9)30-6-26-10-15(22)24-5-25-17(10)30)41-43(35,45)37-3-8-11(32)14(42-44)20(39-8)31-16-7(2-27-31)18(34)29-21(23)28-16/h2,5-6,8-9,11-14,19-20,32-33,44,46H,3-4H2,1H3,(H,35,45)(H2,22,24,25)(H3,23,28,29,34). The van der Waals surface area contributed by atoms with Crippen LogP contribution < -0.4 is 17.0 Å². The molecule has 25 heteroatoms. The molecule has 0 amide bonds. The molecule has 0 radical (unpaired) electrons. The fraction of sp³-hybridized carbons (Fsp3) is 0.524. The van der Waals surface area contributed by atoms with E-state index in [-0.39, 0.29) is 40.6 Å². The maximum atomic E-state index is 13.5. The summed E-state index contributed by atoms with van der Waals surface area (Å²) in [7, 11) is -2.72. The van der Waals surface area contributed by atoms with Crippen LogP contribution in [0.3, 0.4) is 0 Å². The third-order valence-electron chi connectivity index (χ3n) is 7.64. The zero-order chi connectivity index (χ0) is 32.5. The maximum absolute atomic E-state index is 13.5. The van der Waals surface area contributed by atoms with Gasteiger partial charge in [-0.2, -0.15) is 0 Å². The summed E-state index contributed by atoms with van der Waals surface area (Å²) in [6, 6.07) is 0. The number of nitrogens with zero attached hydrogens (tertiary/aromatic N) is 7. The van der Waals surface area contributed by atoms with Crippen LogP contribution in [-0.2, 0) is 36.7 Å². The van der Waals surface area contributed by atoms with Crippen LogP contribution >= 0.6 is 38.4 Å². The fourth-order valence-electron chi connectivity index (χ4n) is 5.44. The Kier molecular flexibility index (Phi) is 8.28. The van der Waals surface area contributed by atoms with Crippen LogP contribution in [0.1, 0.15) is 12.5 Å². The molecule has 46 heavy (non-hydrogen) atoms. The number of aliphatic hydroxyl groups excluding tert-OH is 2. The Morgan fingerprint density at radius 2 is 1.89 bits per heavy atom. The van der Waals surface area contributed by atoms with Crippen LogP contribution in [0.25, 0.3) is 22.2 Å². The molecule has 3 aliphatic rings. The molecule has 3 fully saturated rings. The molecule has 4 aromatic heterocycles. The summed E-state index contributed by atoms with van der Waals surface area (Å²) in [6.07, 6.45) is -6.51. The first-order chi connectivity index (χ1) is 21.9. The van der Waals surface area contributed by atoms with Crippen molar-refractivity contribution < 1.29 is 46.9 Å². The topological polar surface area (TPSA) is 281 Å². The van der Waals surface area contributed by atoms with Crippen LogP contribution in [0.2, 0.25) is 0 Å². The van der Waals surface area contributed by atoms with E-state index in [1.54, 1.807) is 0 Å². The number of hydrogen-bond acceptors (Lipinski definition) is 19. The van der Waals surface area contributed by atoms with Gasteiger partial charge in [0.2, 0.25) is 0 Å². The van der Waals surface area contributed by atoms with Gasteiger partial charge < -0.3 is 0 Å². The van der Waals surface area contributed by atoms with Crippen molar-refractivity contribution in [1.82, 2.24) is 39.3 Å². The van der Waals surface area contributed by atoms with Crippen molar-refractivity contribution >= 4 is 72.4 Å². The number of nitrogen functional groups attached to an aromatic ring is 2. The summed E-state index contributed by atoms with van der Waals surface area (Å²) in [6.45, 7) is -5.19. The average Bonchev–Trinajstić information content (AvgIpc) is 3.77. The number of aliphatic hydroxyl groups is 2. The molecule has 3 aliphatic heterocycles. The summed E-state index contributed by atoms with van der Waals surface area (Å²) in [5.41, 5.74) is 11.7. The van der Waals surface area contributed by atoms with Crippen molar-refractivity contribution in [1.29, 1.82) is 0 Å². The van der Waals surface area contributed by atoms with E-state index in [0.717, 1.165) is 0 Å². The van der Waals surface area contributed by atoms with E-state index >= 15 is 0 Å². The van der Waals surface area contributed by atoms with Crippen LogP contribution in [0, 0.1) is 0 Å². The third-order valence-corrected chi connectivity index (χ3v) is 12.1. The molecule has 7 N–H and O–H groups in total. The number of imidazole rings is 1. The van der Waals surface area contributed by atoms with Crippen molar-refractivity contribution in [2.24, 2.45) is 0 Å². The van der Waals surface area contributed by atoms with Gasteiger partial charge in [-0.25, -0.2) is 0 Å². The quantitative estimate of drug-likeness (QED) is 0.103. The Morgan fingerprint density at radius 1 is 1.11 bits per heavy atom. The molecule has 3 saturated heterocycles. The Hall–Kier alpha value is -2.50. The van der Waals surface area contributed by atoms with Gasteiger partial charge in [0, 0.05) is 0 Å². The summed E-state index contributed by atoms with van der Waals surface area (Å²) in [5, 5.41) is 27.0. The molecule has 7 rings (SSSR count). The van der Waals surface area contributed by atoms with E-state index in [2.05, 4.69) is 54.5 Å². The zero-order valence-corrected chi connectivity index (χ0v) is 27.1. The number of thiol groups is 2. The molecule has 250 valence electrons. The second kappa shape index (κ2) is 11.9. The van der Waals surface area contributed by atoms with Gasteiger partial charge in [-0.05, 0) is 0 Å². The van der Waals surface area contributed by atoms with E-state index in [1.165, 1.54) is 35.2 Å². The predicted octanol–water partition coefficient (Wildman–Crippen LogP) is -0.518. The number of ether oxygens (including phenoxy) is 2. The van der Waals surface area contributed by atoms with Gasteiger partial charge >= 0.3 is 269 Å². The number of anilines is 2. The first-order valence-electron chi connectivity index (χ1n) is 13.5. The minimum absolute atomic E-state index is 0.0315. The molecule has 4 aromatic rings. The van der Waals surface area contributed by atoms with E-state index in [4.69, 9.17) is 43.6 Å². The second-order valence-corrected chi connectivity index (χ2v) is 16.9. The number of hydrogen-bond donors (Lipinski definition) is 7. The molecule has 0 spiro atoms. The fourth-order valence-corrected chi connectivity index (χ4v) is 8.78. The Morgan fingerprint density at radius 3 is 2.67 bits per heavy atom. The molecule has 0 aromatic carbocycles. The van der Waals surface area contributed by atoms with Gasteiger partial charge in [0.05, 0.1) is 0 Å². The number of nitrogens with one attached hydrogen (secondary N) is 1. The number of fused-ring (bicyclic) bond motifs is 5. The summed E-state index contributed by atoms with van der Waals surface area (Å²) in [4.78, 5) is 31.2. The van der Waals surface area contributed by atoms with Gasteiger partial charge in [-0.1, -0.05) is 0 Å². The van der Waals surface area contributed by atoms with Crippen molar-refractivity contribution in [3.05, 3.63) is 29.2 Å². The third kappa shape index (κ3) is 5.57. The van der Waals surface area contributed by atoms with Crippen LogP contribution in [0.15, 0.2) is 23.6 Å². The molecular formula is C21H28N10O11P2S2. The van der Waals surface area contributed by atoms with Crippen LogP contribution in [0.4, 0.5) is 11.8 Å². The van der Waals surface area contributed by atoms with E-state index in [1.807, 2.05) is 0 Å². The Labute approximate surface area is 268 Å². The van der Waals surface area contributed by atoms with Gasteiger partial charge in [0.25, 0.3) is 0 Å².